The second-order valence-corrected chi connectivity index (χ2v) is 5.80. The van der Waals surface area contributed by atoms with Gasteiger partial charge in [-0.1, -0.05) is 18.2 Å². The van der Waals surface area contributed by atoms with Gasteiger partial charge < -0.3 is 20.5 Å². The molecule has 0 amide bonds. The van der Waals surface area contributed by atoms with E-state index < -0.39 is 0 Å². The standard InChI is InChI=1S/C19H23N5O2/c1-25-15-8-6-13(7-9-15)18(20)19-22-17(23-24-19)10-11-21-14-4-3-5-16(12-14)26-2/h3-9,12,18,21H,10-11,20H2,1-2H3,(H,22,23,24). The van der Waals surface area contributed by atoms with Crippen molar-refractivity contribution in [2.75, 3.05) is 26.1 Å². The monoisotopic (exact) mass is 353 g/mol. The number of hydrogen-bond acceptors (Lipinski definition) is 6. The largest absolute Gasteiger partial charge is 0.497 e. The number of aromatic nitrogens is 3. The van der Waals surface area contributed by atoms with Crippen LogP contribution in [0.2, 0.25) is 0 Å². The van der Waals surface area contributed by atoms with Crippen molar-refractivity contribution in [1.82, 2.24) is 15.2 Å². The van der Waals surface area contributed by atoms with E-state index in [0.29, 0.717) is 12.2 Å². The van der Waals surface area contributed by atoms with Crippen LogP contribution >= 0.6 is 0 Å². The maximum absolute atomic E-state index is 6.26. The average molecular weight is 353 g/mol. The third-order valence-corrected chi connectivity index (χ3v) is 4.06. The van der Waals surface area contributed by atoms with Gasteiger partial charge in [0.25, 0.3) is 0 Å². The second-order valence-electron chi connectivity index (χ2n) is 5.80. The molecule has 0 aliphatic heterocycles. The summed E-state index contributed by atoms with van der Waals surface area (Å²) >= 11 is 0. The Morgan fingerprint density at radius 2 is 1.85 bits per heavy atom. The number of H-pyrrole nitrogens is 1. The first-order valence-electron chi connectivity index (χ1n) is 8.38. The van der Waals surface area contributed by atoms with Crippen molar-refractivity contribution in [1.29, 1.82) is 0 Å². The lowest BCUT2D eigenvalue weighted by molar-refractivity contribution is 0.414. The van der Waals surface area contributed by atoms with Crippen LogP contribution in [0.3, 0.4) is 0 Å². The van der Waals surface area contributed by atoms with Gasteiger partial charge in [0.15, 0.2) is 5.82 Å². The highest BCUT2D eigenvalue weighted by Crippen LogP contribution is 2.20. The minimum Gasteiger partial charge on any atom is -0.497 e. The maximum Gasteiger partial charge on any atom is 0.171 e. The van der Waals surface area contributed by atoms with E-state index in [-0.39, 0.29) is 6.04 Å². The van der Waals surface area contributed by atoms with Gasteiger partial charge in [0.05, 0.1) is 20.3 Å². The highest BCUT2D eigenvalue weighted by molar-refractivity contribution is 5.48. The van der Waals surface area contributed by atoms with Crippen molar-refractivity contribution >= 4 is 5.69 Å². The molecule has 1 heterocycles. The van der Waals surface area contributed by atoms with Crippen LogP contribution in [0.1, 0.15) is 23.3 Å². The molecular weight excluding hydrogens is 330 g/mol. The Hall–Kier alpha value is -3.06. The fourth-order valence-electron chi connectivity index (χ4n) is 2.58. The normalized spacial score (nSPS) is 11.8. The summed E-state index contributed by atoms with van der Waals surface area (Å²) in [5, 5.41) is 10.5. The van der Waals surface area contributed by atoms with Crippen LogP contribution in [-0.2, 0) is 6.42 Å². The molecule has 3 aromatic rings. The number of nitrogens with two attached hydrogens (primary N) is 1. The van der Waals surface area contributed by atoms with Crippen molar-refractivity contribution in [2.24, 2.45) is 5.73 Å². The number of nitrogens with one attached hydrogen (secondary N) is 2. The molecule has 0 aliphatic carbocycles. The van der Waals surface area contributed by atoms with Gasteiger partial charge in [-0.2, -0.15) is 5.10 Å². The summed E-state index contributed by atoms with van der Waals surface area (Å²) in [7, 11) is 3.29. The first-order valence-corrected chi connectivity index (χ1v) is 8.38. The third kappa shape index (κ3) is 4.31. The van der Waals surface area contributed by atoms with Crippen LogP contribution in [-0.4, -0.2) is 35.9 Å². The second kappa shape index (κ2) is 8.35. The fraction of sp³-hybridized carbons (Fsp3) is 0.263. The first-order chi connectivity index (χ1) is 12.7. The summed E-state index contributed by atoms with van der Waals surface area (Å²) in [6, 6.07) is 15.0. The average Bonchev–Trinajstić information content (AvgIpc) is 3.16. The molecular formula is C19H23N5O2. The zero-order valence-electron chi connectivity index (χ0n) is 14.9. The highest BCUT2D eigenvalue weighted by atomic mass is 16.5. The first kappa shape index (κ1) is 17.8. The molecule has 1 aromatic heterocycles. The third-order valence-electron chi connectivity index (χ3n) is 4.06. The topological polar surface area (TPSA) is 98.1 Å². The minimum atomic E-state index is -0.378. The summed E-state index contributed by atoms with van der Waals surface area (Å²) in [6.45, 7) is 0.722. The van der Waals surface area contributed by atoms with Crippen LogP contribution in [0, 0.1) is 0 Å². The summed E-state index contributed by atoms with van der Waals surface area (Å²) in [5.41, 5.74) is 8.19. The van der Waals surface area contributed by atoms with Crippen LogP contribution in [0.15, 0.2) is 48.5 Å². The lowest BCUT2D eigenvalue weighted by Gasteiger charge is -2.08. The number of methoxy groups -OCH3 is 2. The number of ether oxygens (including phenoxy) is 2. The van der Waals surface area contributed by atoms with E-state index in [9.17, 15) is 0 Å². The lowest BCUT2D eigenvalue weighted by atomic mass is 10.1. The van der Waals surface area contributed by atoms with E-state index >= 15 is 0 Å². The predicted molar refractivity (Wildman–Crippen MR) is 101 cm³/mol. The van der Waals surface area contributed by atoms with E-state index in [0.717, 1.165) is 35.1 Å². The van der Waals surface area contributed by atoms with Gasteiger partial charge in [-0.3, -0.25) is 5.10 Å². The van der Waals surface area contributed by atoms with E-state index in [2.05, 4.69) is 20.5 Å². The quantitative estimate of drug-likeness (QED) is 0.576. The Kier molecular flexibility index (Phi) is 5.70. The van der Waals surface area contributed by atoms with Gasteiger partial charge in [0.2, 0.25) is 0 Å². The molecule has 136 valence electrons. The number of benzene rings is 2. The van der Waals surface area contributed by atoms with E-state index in [1.165, 1.54) is 0 Å². The number of anilines is 1. The number of hydrogen-bond donors (Lipinski definition) is 3. The SMILES string of the molecule is COc1ccc(C(N)c2n[nH]c(CCNc3cccc(OC)c3)n2)cc1. The van der Waals surface area contributed by atoms with E-state index in [4.69, 9.17) is 15.2 Å². The molecule has 1 unspecified atom stereocenters. The van der Waals surface area contributed by atoms with Crippen molar-refractivity contribution in [3.05, 3.63) is 65.7 Å². The maximum atomic E-state index is 6.26. The van der Waals surface area contributed by atoms with Crippen molar-refractivity contribution < 1.29 is 9.47 Å². The molecule has 0 aliphatic rings. The predicted octanol–water partition coefficient (Wildman–Crippen LogP) is 2.52. The molecule has 0 saturated carbocycles. The zero-order valence-corrected chi connectivity index (χ0v) is 14.9. The number of nitrogens with zero attached hydrogens (tertiary/aromatic N) is 2. The van der Waals surface area contributed by atoms with Gasteiger partial charge in [-0.15, -0.1) is 0 Å². The molecule has 7 heteroatoms. The minimum absolute atomic E-state index is 0.378. The molecule has 2 aromatic carbocycles. The molecule has 0 bridgehead atoms. The highest BCUT2D eigenvalue weighted by Gasteiger charge is 2.14. The molecule has 4 N–H and O–H groups in total. The summed E-state index contributed by atoms with van der Waals surface area (Å²) < 4.78 is 10.4. The fourth-order valence-corrected chi connectivity index (χ4v) is 2.58. The van der Waals surface area contributed by atoms with Gasteiger partial charge >= 0.3 is 0 Å². The summed E-state index contributed by atoms with van der Waals surface area (Å²) in [4.78, 5) is 4.51. The Bertz CT molecular complexity index is 832. The molecule has 0 radical (unpaired) electrons. The molecule has 0 spiro atoms. The van der Waals surface area contributed by atoms with Crippen LogP contribution in [0.25, 0.3) is 0 Å². The van der Waals surface area contributed by atoms with E-state index in [1.807, 2.05) is 48.5 Å². The van der Waals surface area contributed by atoms with Gasteiger partial charge in [-0.05, 0) is 29.8 Å². The lowest BCUT2D eigenvalue weighted by Crippen LogP contribution is -2.13. The Labute approximate surface area is 152 Å². The van der Waals surface area contributed by atoms with Crippen molar-refractivity contribution in [3.63, 3.8) is 0 Å². The Morgan fingerprint density at radius 3 is 2.58 bits per heavy atom. The van der Waals surface area contributed by atoms with E-state index in [1.54, 1.807) is 14.2 Å². The van der Waals surface area contributed by atoms with Crippen molar-refractivity contribution in [2.45, 2.75) is 12.5 Å². The molecule has 26 heavy (non-hydrogen) atoms. The van der Waals surface area contributed by atoms with Gasteiger partial charge in [-0.25, -0.2) is 4.98 Å². The molecule has 0 fully saturated rings. The Balaban J connectivity index is 1.56. The summed E-state index contributed by atoms with van der Waals surface area (Å²) in [6.07, 6.45) is 0.708. The number of aromatic amines is 1. The van der Waals surface area contributed by atoms with Gasteiger partial charge in [0, 0.05) is 24.7 Å². The zero-order chi connectivity index (χ0) is 18.4. The smallest absolute Gasteiger partial charge is 0.171 e. The Morgan fingerprint density at radius 1 is 1.08 bits per heavy atom. The molecule has 0 saturated heterocycles. The summed E-state index contributed by atoms with van der Waals surface area (Å²) in [5.74, 6) is 2.98. The molecule has 7 nitrogen and oxygen atoms in total. The molecule has 1 atom stereocenters. The molecule has 3 rings (SSSR count). The van der Waals surface area contributed by atoms with Gasteiger partial charge in [0.1, 0.15) is 17.3 Å². The van der Waals surface area contributed by atoms with Crippen molar-refractivity contribution in [3.8, 4) is 11.5 Å². The number of rotatable bonds is 8. The van der Waals surface area contributed by atoms with Crippen LogP contribution in [0.4, 0.5) is 5.69 Å². The van der Waals surface area contributed by atoms with Crippen LogP contribution in [0.5, 0.6) is 11.5 Å². The van der Waals surface area contributed by atoms with Crippen LogP contribution < -0.4 is 20.5 Å².